The molecular formula is C19H19F3N6. The highest BCUT2D eigenvalue weighted by Crippen LogP contribution is 2.36. The highest BCUT2D eigenvalue weighted by Gasteiger charge is 2.35. The fourth-order valence-electron chi connectivity index (χ4n) is 3.70. The molecule has 1 saturated heterocycles. The van der Waals surface area contributed by atoms with Crippen LogP contribution < -0.4 is 10.6 Å². The second-order valence-corrected chi connectivity index (χ2v) is 6.83. The molecule has 0 unspecified atom stereocenters. The number of fused-ring (bicyclic) bond motifs is 3. The Balaban J connectivity index is 2.02. The first-order chi connectivity index (χ1) is 13.4. The number of nitrogens with one attached hydrogen (secondary N) is 2. The van der Waals surface area contributed by atoms with Gasteiger partial charge in [-0.15, -0.1) is 0 Å². The van der Waals surface area contributed by atoms with Crippen LogP contribution in [0.4, 0.5) is 18.9 Å². The number of allylic oxidation sites excluding steroid dienone is 2. The number of nitrogens with zero attached hydrogens (tertiary/aromatic N) is 3. The first kappa shape index (κ1) is 18.3. The predicted octanol–water partition coefficient (Wildman–Crippen LogP) is 3.98. The van der Waals surface area contributed by atoms with E-state index in [1.54, 1.807) is 24.4 Å². The van der Waals surface area contributed by atoms with Crippen LogP contribution >= 0.6 is 0 Å². The lowest BCUT2D eigenvalue weighted by molar-refractivity contribution is -0.0918. The number of rotatable bonds is 3. The minimum atomic E-state index is -4.73. The zero-order valence-electron chi connectivity index (χ0n) is 15.0. The van der Waals surface area contributed by atoms with Gasteiger partial charge < -0.3 is 16.0 Å². The maximum atomic E-state index is 13.2. The Morgan fingerprint density at radius 1 is 1.21 bits per heavy atom. The van der Waals surface area contributed by atoms with Gasteiger partial charge in [0.05, 0.1) is 22.9 Å². The van der Waals surface area contributed by atoms with Crippen molar-refractivity contribution < 1.29 is 13.2 Å². The van der Waals surface area contributed by atoms with E-state index in [9.17, 15) is 13.2 Å². The van der Waals surface area contributed by atoms with E-state index < -0.39 is 17.4 Å². The second-order valence-electron chi connectivity index (χ2n) is 6.83. The molecule has 1 aliphatic rings. The molecule has 6 nitrogen and oxygen atoms in total. The summed E-state index contributed by atoms with van der Waals surface area (Å²) in [6, 6.07) is 5.15. The number of pyridine rings is 1. The second kappa shape index (κ2) is 6.81. The predicted molar refractivity (Wildman–Crippen MR) is 103 cm³/mol. The lowest BCUT2D eigenvalue weighted by Crippen LogP contribution is -2.30. The van der Waals surface area contributed by atoms with Crippen LogP contribution in [0.3, 0.4) is 0 Å². The van der Waals surface area contributed by atoms with Crippen LogP contribution in [0.2, 0.25) is 0 Å². The fraction of sp³-hybridized carbons (Fsp3) is 0.316. The molecule has 0 amide bonds. The Morgan fingerprint density at radius 3 is 2.64 bits per heavy atom. The van der Waals surface area contributed by atoms with Crippen LogP contribution in [-0.2, 0) is 0 Å². The molecule has 1 fully saturated rings. The number of hydrogen-bond donors (Lipinski definition) is 3. The number of piperidine rings is 1. The molecule has 3 aromatic rings. The van der Waals surface area contributed by atoms with Crippen LogP contribution in [0.25, 0.3) is 27.4 Å². The smallest absolute Gasteiger partial charge is 0.394 e. The minimum Gasteiger partial charge on any atom is -0.394 e. The molecule has 0 atom stereocenters. The minimum absolute atomic E-state index is 0.0424. The van der Waals surface area contributed by atoms with Gasteiger partial charge in [-0.25, -0.2) is 4.98 Å². The zero-order valence-corrected chi connectivity index (χ0v) is 15.0. The number of anilines is 1. The monoisotopic (exact) mass is 388 g/mol. The molecule has 9 heteroatoms. The molecule has 1 aromatic carbocycles. The van der Waals surface area contributed by atoms with Crippen LogP contribution in [0, 0.1) is 5.41 Å². The van der Waals surface area contributed by atoms with Crippen LogP contribution in [0.1, 0.15) is 25.0 Å². The van der Waals surface area contributed by atoms with Crippen molar-refractivity contribution in [2.45, 2.75) is 25.4 Å². The van der Waals surface area contributed by atoms with E-state index in [2.05, 4.69) is 20.1 Å². The third-order valence-corrected chi connectivity index (χ3v) is 5.09. The molecule has 0 aliphatic carbocycles. The van der Waals surface area contributed by atoms with E-state index >= 15 is 0 Å². The SMILES string of the molecule is N=CC(=C(N)C(F)(F)F)c1cc(N2CCCCC2)c2c(ccc3[nH]ncc32)n1. The largest absolute Gasteiger partial charge is 0.431 e. The van der Waals surface area contributed by atoms with Gasteiger partial charge in [0.1, 0.15) is 5.70 Å². The van der Waals surface area contributed by atoms with Gasteiger partial charge in [-0.05, 0) is 37.5 Å². The highest BCUT2D eigenvalue weighted by atomic mass is 19.4. The maximum absolute atomic E-state index is 13.2. The molecule has 1 aliphatic heterocycles. The Morgan fingerprint density at radius 2 is 1.96 bits per heavy atom. The van der Waals surface area contributed by atoms with Crippen molar-refractivity contribution in [1.82, 2.24) is 15.2 Å². The Labute approximate surface area is 158 Å². The van der Waals surface area contributed by atoms with E-state index in [-0.39, 0.29) is 5.69 Å². The first-order valence-corrected chi connectivity index (χ1v) is 8.99. The Bertz CT molecular complexity index is 1080. The number of benzene rings is 1. The normalized spacial score (nSPS) is 16.5. The summed E-state index contributed by atoms with van der Waals surface area (Å²) in [7, 11) is 0. The van der Waals surface area contributed by atoms with Gasteiger partial charge in [0.2, 0.25) is 0 Å². The van der Waals surface area contributed by atoms with E-state index in [0.29, 0.717) is 11.7 Å². The molecule has 28 heavy (non-hydrogen) atoms. The Hall–Kier alpha value is -3.10. The maximum Gasteiger partial charge on any atom is 0.431 e. The summed E-state index contributed by atoms with van der Waals surface area (Å²) >= 11 is 0. The van der Waals surface area contributed by atoms with Crippen LogP contribution in [0.5, 0.6) is 0 Å². The van der Waals surface area contributed by atoms with Gasteiger partial charge in [0.15, 0.2) is 0 Å². The van der Waals surface area contributed by atoms with Gasteiger partial charge in [-0.2, -0.15) is 18.3 Å². The van der Waals surface area contributed by atoms with E-state index in [1.165, 1.54) is 0 Å². The fourth-order valence-corrected chi connectivity index (χ4v) is 3.70. The van der Waals surface area contributed by atoms with Crippen molar-refractivity contribution in [2.75, 3.05) is 18.0 Å². The summed E-state index contributed by atoms with van der Waals surface area (Å²) in [6.07, 6.45) is 0.734. The molecule has 0 bridgehead atoms. The zero-order chi connectivity index (χ0) is 19.9. The number of aromatic nitrogens is 3. The first-order valence-electron chi connectivity index (χ1n) is 8.99. The van der Waals surface area contributed by atoms with Gasteiger partial charge in [-0.1, -0.05) is 0 Å². The van der Waals surface area contributed by atoms with E-state index in [4.69, 9.17) is 11.1 Å². The summed E-state index contributed by atoms with van der Waals surface area (Å²) in [5, 5.41) is 16.2. The van der Waals surface area contributed by atoms with E-state index in [0.717, 1.165) is 54.3 Å². The molecule has 4 N–H and O–H groups in total. The standard InChI is InChI=1S/C19H19F3N6/c20-19(21,22)18(24)11(9-23)15-8-16(28-6-2-1-3-7-28)17-12-10-25-27-13(12)4-5-14(17)26-15/h4-5,8-10,23H,1-3,6-7,24H2,(H,25,27). The molecule has 2 aromatic heterocycles. The van der Waals surface area contributed by atoms with Crippen molar-refractivity contribution in [1.29, 1.82) is 5.41 Å². The Kier molecular flexibility index (Phi) is 4.44. The summed E-state index contributed by atoms with van der Waals surface area (Å²) in [6.45, 7) is 1.62. The number of halogens is 3. The van der Waals surface area contributed by atoms with Gasteiger partial charge in [0.25, 0.3) is 0 Å². The highest BCUT2D eigenvalue weighted by molar-refractivity contribution is 6.14. The third kappa shape index (κ3) is 3.06. The van der Waals surface area contributed by atoms with Gasteiger partial charge in [0, 0.05) is 41.3 Å². The quantitative estimate of drug-likeness (QED) is 0.592. The molecule has 0 spiro atoms. The van der Waals surface area contributed by atoms with E-state index in [1.807, 2.05) is 0 Å². The average molecular weight is 388 g/mol. The van der Waals surface area contributed by atoms with Crippen molar-refractivity contribution in [3.05, 3.63) is 35.8 Å². The van der Waals surface area contributed by atoms with Crippen molar-refractivity contribution in [3.63, 3.8) is 0 Å². The van der Waals surface area contributed by atoms with Crippen molar-refractivity contribution >= 4 is 39.3 Å². The summed E-state index contributed by atoms with van der Waals surface area (Å²) in [5.74, 6) is 0. The molecule has 0 saturated carbocycles. The van der Waals surface area contributed by atoms with Gasteiger partial charge in [-0.3, -0.25) is 5.10 Å². The van der Waals surface area contributed by atoms with Gasteiger partial charge >= 0.3 is 6.18 Å². The number of hydrogen-bond acceptors (Lipinski definition) is 5. The number of H-pyrrole nitrogens is 1. The lowest BCUT2D eigenvalue weighted by atomic mass is 10.0. The lowest BCUT2D eigenvalue weighted by Gasteiger charge is -2.30. The number of nitrogens with two attached hydrogens (primary N) is 1. The topological polar surface area (TPSA) is 94.7 Å². The number of aromatic amines is 1. The summed E-state index contributed by atoms with van der Waals surface area (Å²) in [4.78, 5) is 6.57. The summed E-state index contributed by atoms with van der Waals surface area (Å²) in [5.41, 5.74) is 5.78. The number of alkyl halides is 3. The van der Waals surface area contributed by atoms with Crippen LogP contribution in [-0.4, -0.2) is 40.7 Å². The molecule has 146 valence electrons. The van der Waals surface area contributed by atoms with Crippen molar-refractivity contribution in [2.24, 2.45) is 5.73 Å². The van der Waals surface area contributed by atoms with Crippen molar-refractivity contribution in [3.8, 4) is 0 Å². The molecular weight excluding hydrogens is 369 g/mol. The summed E-state index contributed by atoms with van der Waals surface area (Å²) < 4.78 is 39.5. The van der Waals surface area contributed by atoms with Crippen LogP contribution in [0.15, 0.2) is 30.1 Å². The third-order valence-electron chi connectivity index (χ3n) is 5.09. The average Bonchev–Trinajstić information content (AvgIpc) is 3.16. The molecule has 0 radical (unpaired) electrons. The molecule has 3 heterocycles. The molecule has 4 rings (SSSR count).